The lowest BCUT2D eigenvalue weighted by Gasteiger charge is -2.33. The molecule has 0 spiro atoms. The molecule has 0 aromatic heterocycles. The second-order valence-corrected chi connectivity index (χ2v) is 7.18. The van der Waals surface area contributed by atoms with E-state index in [1.807, 2.05) is 13.8 Å². The standard InChI is InChI=1S/C19H30N2O4/c1-12(2)20-25-11-19(5,6)16-10-14(4)13(3)9-15(16)17(21-24-8)18(22)23-7/h9-11H2,1-8H3/b21-17-. The van der Waals surface area contributed by atoms with Crippen molar-refractivity contribution in [1.29, 1.82) is 0 Å². The van der Waals surface area contributed by atoms with E-state index >= 15 is 0 Å². The minimum Gasteiger partial charge on any atom is -0.464 e. The highest BCUT2D eigenvalue weighted by Crippen LogP contribution is 2.41. The largest absolute Gasteiger partial charge is 0.464 e. The van der Waals surface area contributed by atoms with Crippen LogP contribution in [0.25, 0.3) is 0 Å². The molecule has 6 heteroatoms. The monoisotopic (exact) mass is 350 g/mol. The number of allylic oxidation sites excluding steroid dienone is 2. The third-order valence-corrected chi connectivity index (χ3v) is 4.31. The number of rotatable bonds is 7. The molecular weight excluding hydrogens is 320 g/mol. The summed E-state index contributed by atoms with van der Waals surface area (Å²) in [5.41, 5.74) is 5.23. The number of carbonyl (C=O) groups is 1. The summed E-state index contributed by atoms with van der Waals surface area (Å²) >= 11 is 0. The summed E-state index contributed by atoms with van der Waals surface area (Å²) < 4.78 is 4.90. The average Bonchev–Trinajstić information content (AvgIpc) is 2.53. The lowest BCUT2D eigenvalue weighted by atomic mass is 9.73. The van der Waals surface area contributed by atoms with E-state index in [0.717, 1.165) is 23.3 Å². The first-order valence-electron chi connectivity index (χ1n) is 8.34. The molecule has 0 aliphatic heterocycles. The Bertz CT molecular complexity index is 636. The lowest BCUT2D eigenvalue weighted by molar-refractivity contribution is -0.132. The molecule has 0 heterocycles. The van der Waals surface area contributed by atoms with Crippen molar-refractivity contribution >= 4 is 17.4 Å². The lowest BCUT2D eigenvalue weighted by Crippen LogP contribution is -2.29. The SMILES string of the molecule is CO/N=C(\C(=O)OC)C1=C(C(C)(C)CON=C(C)C)CC(C)=C(C)C1. The number of esters is 1. The summed E-state index contributed by atoms with van der Waals surface area (Å²) in [7, 11) is 2.77. The molecule has 0 atom stereocenters. The van der Waals surface area contributed by atoms with Gasteiger partial charge in [0, 0.05) is 5.41 Å². The van der Waals surface area contributed by atoms with Gasteiger partial charge in [0.05, 0.1) is 12.8 Å². The second-order valence-electron chi connectivity index (χ2n) is 7.18. The van der Waals surface area contributed by atoms with Crippen molar-refractivity contribution in [2.75, 3.05) is 20.8 Å². The van der Waals surface area contributed by atoms with Crippen LogP contribution >= 0.6 is 0 Å². The van der Waals surface area contributed by atoms with Crippen LogP contribution in [0.5, 0.6) is 0 Å². The van der Waals surface area contributed by atoms with Crippen molar-refractivity contribution in [2.24, 2.45) is 15.7 Å². The molecule has 1 rings (SSSR count). The Kier molecular flexibility index (Phi) is 7.39. The first kappa shape index (κ1) is 20.9. The van der Waals surface area contributed by atoms with Crippen LogP contribution in [0.4, 0.5) is 0 Å². The van der Waals surface area contributed by atoms with Crippen molar-refractivity contribution in [3.8, 4) is 0 Å². The van der Waals surface area contributed by atoms with E-state index in [4.69, 9.17) is 14.4 Å². The Labute approximate surface area is 150 Å². The van der Waals surface area contributed by atoms with Gasteiger partial charge in [-0.1, -0.05) is 40.9 Å². The van der Waals surface area contributed by atoms with Gasteiger partial charge in [-0.2, -0.15) is 0 Å². The van der Waals surface area contributed by atoms with Crippen molar-refractivity contribution in [3.05, 3.63) is 22.3 Å². The second kappa shape index (κ2) is 8.83. The smallest absolute Gasteiger partial charge is 0.360 e. The van der Waals surface area contributed by atoms with Gasteiger partial charge in [0.15, 0.2) is 5.71 Å². The Morgan fingerprint density at radius 1 is 1.08 bits per heavy atom. The molecule has 0 N–H and O–H groups in total. The molecule has 0 fully saturated rings. The van der Waals surface area contributed by atoms with Gasteiger partial charge in [-0.15, -0.1) is 0 Å². The molecular formula is C19H30N2O4. The normalized spacial score (nSPS) is 15.9. The number of carbonyl (C=O) groups excluding carboxylic acids is 1. The van der Waals surface area contributed by atoms with Crippen LogP contribution in [0, 0.1) is 5.41 Å². The number of ether oxygens (including phenoxy) is 1. The quantitative estimate of drug-likeness (QED) is 0.301. The van der Waals surface area contributed by atoms with Crippen LogP contribution in [0.3, 0.4) is 0 Å². The van der Waals surface area contributed by atoms with Crippen molar-refractivity contribution in [3.63, 3.8) is 0 Å². The highest BCUT2D eigenvalue weighted by Gasteiger charge is 2.34. The predicted molar refractivity (Wildman–Crippen MR) is 99.6 cm³/mol. The van der Waals surface area contributed by atoms with E-state index in [0.29, 0.717) is 13.0 Å². The first-order chi connectivity index (χ1) is 11.6. The third kappa shape index (κ3) is 5.44. The van der Waals surface area contributed by atoms with Gasteiger partial charge in [-0.05, 0) is 46.1 Å². The number of oxime groups is 2. The minimum atomic E-state index is -0.499. The molecule has 1 aliphatic rings. The van der Waals surface area contributed by atoms with Crippen LogP contribution in [0.1, 0.15) is 54.4 Å². The van der Waals surface area contributed by atoms with Crippen LogP contribution in [-0.2, 0) is 19.2 Å². The van der Waals surface area contributed by atoms with Gasteiger partial charge in [0.2, 0.25) is 0 Å². The van der Waals surface area contributed by atoms with Gasteiger partial charge in [0.25, 0.3) is 0 Å². The van der Waals surface area contributed by atoms with E-state index in [1.54, 1.807) is 0 Å². The Balaban J connectivity index is 3.36. The average molecular weight is 350 g/mol. The van der Waals surface area contributed by atoms with Crippen molar-refractivity contribution < 1.29 is 19.2 Å². The maximum Gasteiger partial charge on any atom is 0.360 e. The summed E-state index contributed by atoms with van der Waals surface area (Å²) in [6, 6.07) is 0. The first-order valence-corrected chi connectivity index (χ1v) is 8.34. The summed E-state index contributed by atoms with van der Waals surface area (Å²) in [4.78, 5) is 22.6. The van der Waals surface area contributed by atoms with Crippen LogP contribution in [-0.4, -0.2) is 38.2 Å². The van der Waals surface area contributed by atoms with E-state index in [1.165, 1.54) is 25.4 Å². The fourth-order valence-corrected chi connectivity index (χ4v) is 2.73. The molecule has 140 valence electrons. The predicted octanol–water partition coefficient (Wildman–Crippen LogP) is 4.03. The third-order valence-electron chi connectivity index (χ3n) is 4.31. The topological polar surface area (TPSA) is 69.5 Å². The van der Waals surface area contributed by atoms with Crippen molar-refractivity contribution in [2.45, 2.75) is 54.4 Å². The van der Waals surface area contributed by atoms with Gasteiger partial charge >= 0.3 is 5.97 Å². The number of methoxy groups -OCH3 is 1. The fraction of sp³-hybridized carbons (Fsp3) is 0.632. The van der Waals surface area contributed by atoms with E-state index in [-0.39, 0.29) is 11.1 Å². The molecule has 0 amide bonds. The van der Waals surface area contributed by atoms with Crippen molar-refractivity contribution in [1.82, 2.24) is 0 Å². The number of hydrogen-bond donors (Lipinski definition) is 0. The van der Waals surface area contributed by atoms with Gasteiger partial charge in [-0.3, -0.25) is 0 Å². The Morgan fingerprint density at radius 3 is 2.20 bits per heavy atom. The maximum absolute atomic E-state index is 12.2. The number of hydrogen-bond acceptors (Lipinski definition) is 6. The van der Waals surface area contributed by atoms with E-state index < -0.39 is 5.97 Å². The molecule has 0 radical (unpaired) electrons. The van der Waals surface area contributed by atoms with E-state index in [9.17, 15) is 4.79 Å². The zero-order valence-corrected chi connectivity index (χ0v) is 16.6. The molecule has 0 saturated carbocycles. The molecule has 0 aromatic carbocycles. The summed E-state index contributed by atoms with van der Waals surface area (Å²) in [5.74, 6) is -0.499. The molecule has 0 bridgehead atoms. The van der Waals surface area contributed by atoms with Crippen LogP contribution in [0.2, 0.25) is 0 Å². The number of nitrogens with zero attached hydrogens (tertiary/aromatic N) is 2. The Morgan fingerprint density at radius 2 is 1.68 bits per heavy atom. The molecule has 25 heavy (non-hydrogen) atoms. The minimum absolute atomic E-state index is 0.218. The summed E-state index contributed by atoms with van der Waals surface area (Å²) in [6.07, 6.45) is 1.39. The molecule has 1 aliphatic carbocycles. The molecule has 0 saturated heterocycles. The molecule has 0 unspecified atom stereocenters. The molecule has 0 aromatic rings. The highest BCUT2D eigenvalue weighted by atomic mass is 16.6. The zero-order chi connectivity index (χ0) is 19.2. The van der Waals surface area contributed by atoms with Crippen LogP contribution < -0.4 is 0 Å². The highest BCUT2D eigenvalue weighted by molar-refractivity contribution is 6.43. The fourth-order valence-electron chi connectivity index (χ4n) is 2.73. The summed E-state index contributed by atoms with van der Waals surface area (Å²) in [6.45, 7) is 12.5. The zero-order valence-electron chi connectivity index (χ0n) is 16.6. The van der Waals surface area contributed by atoms with Gasteiger partial charge < -0.3 is 14.4 Å². The maximum atomic E-state index is 12.2. The van der Waals surface area contributed by atoms with Gasteiger partial charge in [-0.25, -0.2) is 4.79 Å². The summed E-state index contributed by atoms with van der Waals surface area (Å²) in [5, 5.41) is 7.98. The molecule has 6 nitrogen and oxygen atoms in total. The Hall–Kier alpha value is -2.11. The van der Waals surface area contributed by atoms with Gasteiger partial charge in [0.1, 0.15) is 13.7 Å². The van der Waals surface area contributed by atoms with E-state index in [2.05, 4.69) is 38.0 Å². The van der Waals surface area contributed by atoms with Crippen LogP contribution in [0.15, 0.2) is 32.6 Å².